The van der Waals surface area contributed by atoms with E-state index in [1.54, 1.807) is 40.0 Å². The Morgan fingerprint density at radius 3 is 2.95 bits per heavy atom. The maximum atomic E-state index is 11.3. The molecule has 0 aliphatic carbocycles. The number of aromatic carboxylic acids is 1. The van der Waals surface area contributed by atoms with Crippen LogP contribution < -0.4 is 0 Å². The van der Waals surface area contributed by atoms with Crippen molar-refractivity contribution < 1.29 is 9.90 Å². The van der Waals surface area contributed by atoms with E-state index < -0.39 is 5.97 Å². The van der Waals surface area contributed by atoms with Gasteiger partial charge in [0.1, 0.15) is 5.69 Å². The first-order chi connectivity index (χ1) is 9.66. The molecule has 0 aromatic carbocycles. The molecule has 0 saturated carbocycles. The minimum Gasteiger partial charge on any atom is -0.476 e. The van der Waals surface area contributed by atoms with Gasteiger partial charge in [-0.15, -0.1) is 16.4 Å². The van der Waals surface area contributed by atoms with Crippen molar-refractivity contribution in [1.29, 1.82) is 0 Å². The fourth-order valence-corrected chi connectivity index (χ4v) is 2.62. The Balaban J connectivity index is 2.11. The third kappa shape index (κ3) is 2.10. The minimum absolute atomic E-state index is 0.0872. The maximum Gasteiger partial charge on any atom is 0.358 e. The van der Waals surface area contributed by atoms with Gasteiger partial charge in [0.05, 0.1) is 6.54 Å². The number of aryl methyl sites for hydroxylation is 1. The van der Waals surface area contributed by atoms with Gasteiger partial charge >= 0.3 is 5.97 Å². The van der Waals surface area contributed by atoms with Crippen molar-refractivity contribution in [1.82, 2.24) is 24.5 Å². The highest BCUT2D eigenvalue weighted by Gasteiger charge is 2.23. The topological polar surface area (TPSA) is 85.8 Å². The fourth-order valence-electron chi connectivity index (χ4n) is 1.93. The molecule has 0 aliphatic rings. The molecule has 0 spiro atoms. The zero-order chi connectivity index (χ0) is 14.1. The molecule has 3 aromatic heterocycles. The second-order valence-electron chi connectivity index (χ2n) is 4.19. The van der Waals surface area contributed by atoms with Gasteiger partial charge in [0.15, 0.2) is 5.82 Å². The highest BCUT2D eigenvalue weighted by molar-refractivity contribution is 7.09. The van der Waals surface area contributed by atoms with E-state index in [0.29, 0.717) is 18.1 Å². The summed E-state index contributed by atoms with van der Waals surface area (Å²) in [5, 5.41) is 18.9. The zero-order valence-corrected chi connectivity index (χ0v) is 11.4. The lowest BCUT2D eigenvalue weighted by Crippen LogP contribution is -2.08. The van der Waals surface area contributed by atoms with Crippen LogP contribution in [0, 0.1) is 0 Å². The Bertz CT molecular complexity index is 744. The van der Waals surface area contributed by atoms with Gasteiger partial charge in [-0.1, -0.05) is 11.3 Å². The van der Waals surface area contributed by atoms with Crippen LogP contribution in [0.25, 0.3) is 11.5 Å². The summed E-state index contributed by atoms with van der Waals surface area (Å²) in [7, 11) is 1.80. The van der Waals surface area contributed by atoms with Gasteiger partial charge in [-0.05, 0) is 11.4 Å². The molecule has 8 heteroatoms. The summed E-state index contributed by atoms with van der Waals surface area (Å²) < 4.78 is 3.31. The van der Waals surface area contributed by atoms with Gasteiger partial charge in [0.2, 0.25) is 5.69 Å². The average molecular weight is 289 g/mol. The smallest absolute Gasteiger partial charge is 0.358 e. The lowest BCUT2D eigenvalue weighted by Gasteiger charge is -2.05. The van der Waals surface area contributed by atoms with Crippen LogP contribution in [-0.2, 0) is 13.6 Å². The van der Waals surface area contributed by atoms with Crippen LogP contribution >= 0.6 is 11.3 Å². The quantitative estimate of drug-likeness (QED) is 0.786. The zero-order valence-electron chi connectivity index (χ0n) is 10.6. The Morgan fingerprint density at radius 2 is 2.35 bits per heavy atom. The Kier molecular flexibility index (Phi) is 3.07. The molecular formula is C12H11N5O2S. The first kappa shape index (κ1) is 12.5. The van der Waals surface area contributed by atoms with E-state index in [1.165, 1.54) is 0 Å². The summed E-state index contributed by atoms with van der Waals surface area (Å²) in [4.78, 5) is 16.6. The summed E-state index contributed by atoms with van der Waals surface area (Å²) >= 11 is 1.58. The van der Waals surface area contributed by atoms with Gasteiger partial charge < -0.3 is 9.67 Å². The van der Waals surface area contributed by atoms with Gasteiger partial charge in [-0.2, -0.15) is 0 Å². The largest absolute Gasteiger partial charge is 0.476 e. The van der Waals surface area contributed by atoms with Crippen LogP contribution in [0.1, 0.15) is 15.4 Å². The van der Waals surface area contributed by atoms with Gasteiger partial charge in [-0.25, -0.2) is 14.5 Å². The predicted molar refractivity (Wildman–Crippen MR) is 72.6 cm³/mol. The monoisotopic (exact) mass is 289 g/mol. The Morgan fingerprint density at radius 1 is 1.50 bits per heavy atom. The SMILES string of the molecule is Cn1ccnc1-c1c(C(=O)O)nnn1Cc1cccs1. The maximum absolute atomic E-state index is 11.3. The molecule has 0 unspecified atom stereocenters. The number of carbonyl (C=O) groups is 1. The van der Waals surface area contributed by atoms with Crippen LogP contribution in [0.5, 0.6) is 0 Å². The van der Waals surface area contributed by atoms with Gasteiger partial charge in [0.25, 0.3) is 0 Å². The summed E-state index contributed by atoms with van der Waals surface area (Å²) in [6, 6.07) is 3.91. The molecule has 7 nitrogen and oxygen atoms in total. The van der Waals surface area contributed by atoms with Crippen molar-refractivity contribution in [2.45, 2.75) is 6.54 Å². The standard InChI is InChI=1S/C12H11N5O2S/c1-16-5-4-13-11(16)10-9(12(18)19)14-15-17(10)7-8-3-2-6-20-8/h2-6H,7H2,1H3,(H,18,19). The molecule has 0 atom stereocenters. The highest BCUT2D eigenvalue weighted by Crippen LogP contribution is 2.22. The molecule has 0 saturated heterocycles. The highest BCUT2D eigenvalue weighted by atomic mass is 32.1. The van der Waals surface area contributed by atoms with Crippen LogP contribution in [0.4, 0.5) is 0 Å². The lowest BCUT2D eigenvalue weighted by atomic mass is 10.3. The summed E-state index contributed by atoms with van der Waals surface area (Å²) in [5.41, 5.74) is 0.328. The number of hydrogen-bond donors (Lipinski definition) is 1. The summed E-state index contributed by atoms with van der Waals surface area (Å²) in [5.74, 6) is -0.579. The molecule has 102 valence electrons. The second-order valence-corrected chi connectivity index (χ2v) is 5.22. The number of imidazole rings is 1. The molecule has 1 N–H and O–H groups in total. The number of carboxylic acid groups (broad SMARTS) is 1. The molecule has 3 rings (SSSR count). The number of rotatable bonds is 4. The van der Waals surface area contributed by atoms with Crippen LogP contribution in [0.2, 0.25) is 0 Å². The van der Waals surface area contributed by atoms with E-state index in [9.17, 15) is 9.90 Å². The molecule has 3 aromatic rings. The molecular weight excluding hydrogens is 278 g/mol. The van der Waals surface area contributed by atoms with Crippen molar-refractivity contribution in [3.8, 4) is 11.5 Å². The molecule has 0 aliphatic heterocycles. The van der Waals surface area contributed by atoms with Crippen molar-refractivity contribution in [3.63, 3.8) is 0 Å². The molecule has 0 bridgehead atoms. The normalized spacial score (nSPS) is 10.8. The number of carboxylic acids is 1. The molecule has 3 heterocycles. The van der Waals surface area contributed by atoms with Gasteiger partial charge in [-0.3, -0.25) is 0 Å². The van der Waals surface area contributed by atoms with Crippen molar-refractivity contribution >= 4 is 17.3 Å². The van der Waals surface area contributed by atoms with E-state index >= 15 is 0 Å². The molecule has 20 heavy (non-hydrogen) atoms. The van der Waals surface area contributed by atoms with E-state index in [1.807, 2.05) is 17.5 Å². The fraction of sp³-hybridized carbons (Fsp3) is 0.167. The van der Waals surface area contributed by atoms with Crippen molar-refractivity contribution in [2.24, 2.45) is 7.05 Å². The molecule has 0 radical (unpaired) electrons. The number of aromatic nitrogens is 5. The number of thiophene rings is 1. The average Bonchev–Trinajstić information content (AvgIpc) is 3.10. The van der Waals surface area contributed by atoms with E-state index in [0.717, 1.165) is 4.88 Å². The third-order valence-electron chi connectivity index (χ3n) is 2.86. The van der Waals surface area contributed by atoms with E-state index in [4.69, 9.17) is 0 Å². The van der Waals surface area contributed by atoms with Crippen molar-refractivity contribution in [2.75, 3.05) is 0 Å². The summed E-state index contributed by atoms with van der Waals surface area (Å²) in [6.45, 7) is 0.472. The van der Waals surface area contributed by atoms with Crippen LogP contribution in [0.15, 0.2) is 29.9 Å². The van der Waals surface area contributed by atoms with Crippen molar-refractivity contribution in [3.05, 3.63) is 40.5 Å². The van der Waals surface area contributed by atoms with Crippen LogP contribution in [0.3, 0.4) is 0 Å². The first-order valence-corrected chi connectivity index (χ1v) is 6.71. The number of nitrogens with zero attached hydrogens (tertiary/aromatic N) is 5. The predicted octanol–water partition coefficient (Wildman–Crippen LogP) is 1.49. The Hall–Kier alpha value is -2.48. The van der Waals surface area contributed by atoms with Gasteiger partial charge in [0, 0.05) is 24.3 Å². The van der Waals surface area contributed by atoms with Crippen LogP contribution in [-0.4, -0.2) is 35.6 Å². The lowest BCUT2D eigenvalue weighted by molar-refractivity contribution is 0.0691. The molecule has 0 fully saturated rings. The second kappa shape index (κ2) is 4.89. The summed E-state index contributed by atoms with van der Waals surface area (Å²) in [6.07, 6.45) is 3.37. The molecule has 0 amide bonds. The van der Waals surface area contributed by atoms with E-state index in [-0.39, 0.29) is 5.69 Å². The minimum atomic E-state index is -1.11. The Labute approximate surface area is 118 Å². The first-order valence-electron chi connectivity index (χ1n) is 5.83. The number of hydrogen-bond acceptors (Lipinski definition) is 5. The van der Waals surface area contributed by atoms with E-state index in [2.05, 4.69) is 15.3 Å². The third-order valence-corrected chi connectivity index (χ3v) is 3.72.